The van der Waals surface area contributed by atoms with Gasteiger partial charge < -0.3 is 10.6 Å². The summed E-state index contributed by atoms with van der Waals surface area (Å²) in [6.45, 7) is 3.56. The van der Waals surface area contributed by atoms with Crippen LogP contribution in [0.4, 0.5) is 0 Å². The molecule has 1 aromatic carbocycles. The van der Waals surface area contributed by atoms with Crippen LogP contribution in [-0.2, 0) is 16.4 Å². The average molecular weight is 563 g/mol. The van der Waals surface area contributed by atoms with Crippen molar-refractivity contribution < 1.29 is 8.42 Å². The Morgan fingerprint density at radius 3 is 2.54 bits per heavy atom. The van der Waals surface area contributed by atoms with Gasteiger partial charge in [0.2, 0.25) is 10.0 Å². The van der Waals surface area contributed by atoms with E-state index in [1.807, 2.05) is 12.1 Å². The summed E-state index contributed by atoms with van der Waals surface area (Å²) in [7, 11) is -1.35. The van der Waals surface area contributed by atoms with E-state index in [0.29, 0.717) is 23.1 Å². The van der Waals surface area contributed by atoms with Crippen molar-refractivity contribution in [1.29, 1.82) is 0 Å². The van der Waals surface area contributed by atoms with E-state index in [1.165, 1.54) is 0 Å². The summed E-state index contributed by atoms with van der Waals surface area (Å²) >= 11 is 12.1. The Labute approximate surface area is 195 Å². The van der Waals surface area contributed by atoms with Gasteiger partial charge in [0.15, 0.2) is 5.96 Å². The smallest absolute Gasteiger partial charge is 0.213 e. The number of benzene rings is 1. The highest BCUT2D eigenvalue weighted by molar-refractivity contribution is 14.0. The molecule has 1 fully saturated rings. The lowest BCUT2D eigenvalue weighted by molar-refractivity contribution is 0.306. The molecule has 1 heterocycles. The van der Waals surface area contributed by atoms with E-state index >= 15 is 0 Å². The van der Waals surface area contributed by atoms with Crippen molar-refractivity contribution in [2.24, 2.45) is 4.99 Å². The number of rotatable bonds is 7. The Morgan fingerprint density at radius 2 is 1.96 bits per heavy atom. The van der Waals surface area contributed by atoms with Crippen molar-refractivity contribution in [3.05, 3.63) is 33.8 Å². The third-order valence-corrected chi connectivity index (χ3v) is 7.18. The second-order valence-corrected chi connectivity index (χ2v) is 9.66. The van der Waals surface area contributed by atoms with Crippen molar-refractivity contribution in [3.63, 3.8) is 0 Å². The first kappa shape index (κ1) is 25.7. The molecule has 1 saturated heterocycles. The lowest BCUT2D eigenvalue weighted by Gasteiger charge is -2.32. The van der Waals surface area contributed by atoms with Crippen LogP contribution in [0, 0.1) is 0 Å². The number of sulfonamides is 1. The summed E-state index contributed by atoms with van der Waals surface area (Å²) in [5.74, 6) is 0.903. The minimum absolute atomic E-state index is 0. The average Bonchev–Trinajstić information content (AvgIpc) is 2.66. The summed E-state index contributed by atoms with van der Waals surface area (Å²) in [5.41, 5.74) is 1.08. The van der Waals surface area contributed by atoms with Gasteiger partial charge in [0.05, 0.1) is 5.75 Å². The van der Waals surface area contributed by atoms with E-state index in [-0.39, 0.29) is 35.8 Å². The normalized spacial score (nSPS) is 16.5. The molecule has 0 aromatic heterocycles. The van der Waals surface area contributed by atoms with Crippen molar-refractivity contribution in [2.45, 2.75) is 38.6 Å². The van der Waals surface area contributed by atoms with Gasteiger partial charge >= 0.3 is 0 Å². The molecule has 0 amide bonds. The first-order chi connectivity index (χ1) is 12.9. The fraction of sp³-hybridized carbons (Fsp3) is 0.611. The molecule has 10 heteroatoms. The molecule has 160 valence electrons. The molecular formula is C18H29Cl2IN4O2S. The van der Waals surface area contributed by atoms with E-state index in [2.05, 4.69) is 15.6 Å². The first-order valence-electron chi connectivity index (χ1n) is 9.24. The summed E-state index contributed by atoms with van der Waals surface area (Å²) in [5, 5.41) is 8.03. The summed E-state index contributed by atoms with van der Waals surface area (Å²) in [6, 6.07) is 5.79. The van der Waals surface area contributed by atoms with Gasteiger partial charge in [-0.05, 0) is 50.3 Å². The zero-order chi connectivity index (χ0) is 19.9. The third-order valence-electron chi connectivity index (χ3n) is 4.71. The quantitative estimate of drug-likeness (QED) is 0.231. The highest BCUT2D eigenvalue weighted by atomic mass is 127. The molecule has 0 radical (unpaired) electrons. The molecule has 1 aliphatic rings. The summed E-state index contributed by atoms with van der Waals surface area (Å²) in [4.78, 5) is 4.26. The Balaban J connectivity index is 0.00000392. The van der Waals surface area contributed by atoms with Crippen LogP contribution < -0.4 is 10.6 Å². The standard InChI is InChI=1S/C18H28Cl2N4O2S.HI/c1-3-27(25,26)24-11-8-16(9-12-24)23-18(21-2)22-10-4-5-14-6-7-15(19)13-17(14)20;/h6-7,13,16H,3-5,8-12H2,1-2H3,(H2,21,22,23);1H. The second-order valence-electron chi connectivity index (χ2n) is 6.56. The zero-order valence-electron chi connectivity index (χ0n) is 16.2. The van der Waals surface area contributed by atoms with Crippen LogP contribution in [0.5, 0.6) is 0 Å². The molecular weight excluding hydrogens is 534 g/mol. The molecule has 0 atom stereocenters. The molecule has 0 spiro atoms. The number of hydrogen-bond donors (Lipinski definition) is 2. The van der Waals surface area contributed by atoms with Gasteiger partial charge in [-0.2, -0.15) is 0 Å². The van der Waals surface area contributed by atoms with Gasteiger partial charge in [0.25, 0.3) is 0 Å². The Bertz CT molecular complexity index is 754. The van der Waals surface area contributed by atoms with E-state index in [9.17, 15) is 8.42 Å². The molecule has 1 aliphatic heterocycles. The number of nitrogens with one attached hydrogen (secondary N) is 2. The largest absolute Gasteiger partial charge is 0.356 e. The van der Waals surface area contributed by atoms with E-state index in [4.69, 9.17) is 23.2 Å². The monoisotopic (exact) mass is 562 g/mol. The van der Waals surface area contributed by atoms with Crippen molar-refractivity contribution in [1.82, 2.24) is 14.9 Å². The highest BCUT2D eigenvalue weighted by Crippen LogP contribution is 2.21. The maximum absolute atomic E-state index is 11.9. The number of aryl methyl sites for hydroxylation is 1. The summed E-state index contributed by atoms with van der Waals surface area (Å²) in [6.07, 6.45) is 3.32. The number of piperidine rings is 1. The Morgan fingerprint density at radius 1 is 1.29 bits per heavy atom. The lowest BCUT2D eigenvalue weighted by atomic mass is 10.1. The van der Waals surface area contributed by atoms with Gasteiger partial charge in [0, 0.05) is 42.8 Å². The molecule has 1 aromatic rings. The Kier molecular flexibility index (Phi) is 11.4. The maximum atomic E-state index is 11.9. The predicted octanol–water partition coefficient (Wildman–Crippen LogP) is 3.52. The number of aliphatic imine (C=N–C) groups is 1. The summed E-state index contributed by atoms with van der Waals surface area (Å²) < 4.78 is 25.4. The van der Waals surface area contributed by atoms with E-state index < -0.39 is 10.0 Å². The molecule has 0 bridgehead atoms. The SMILES string of the molecule is CCS(=O)(=O)N1CCC(NC(=NC)NCCCc2ccc(Cl)cc2Cl)CC1.I. The first-order valence-corrected chi connectivity index (χ1v) is 11.6. The maximum Gasteiger partial charge on any atom is 0.213 e. The van der Waals surface area contributed by atoms with Gasteiger partial charge in [-0.25, -0.2) is 12.7 Å². The number of nitrogens with zero attached hydrogens (tertiary/aromatic N) is 2. The van der Waals surface area contributed by atoms with Crippen LogP contribution in [0.3, 0.4) is 0 Å². The van der Waals surface area contributed by atoms with Crippen LogP contribution >= 0.6 is 47.2 Å². The van der Waals surface area contributed by atoms with Gasteiger partial charge in [-0.15, -0.1) is 24.0 Å². The predicted molar refractivity (Wildman–Crippen MR) is 129 cm³/mol. The van der Waals surface area contributed by atoms with Gasteiger partial charge in [-0.1, -0.05) is 29.3 Å². The van der Waals surface area contributed by atoms with Crippen LogP contribution in [0.1, 0.15) is 31.7 Å². The minimum Gasteiger partial charge on any atom is -0.356 e. The van der Waals surface area contributed by atoms with Crippen LogP contribution in [0.2, 0.25) is 10.0 Å². The second kappa shape index (κ2) is 12.4. The third kappa shape index (κ3) is 7.85. The Hall–Kier alpha value is -0.290. The fourth-order valence-corrected chi connectivity index (χ4v) is 4.69. The topological polar surface area (TPSA) is 73.8 Å². The molecule has 2 rings (SSSR count). The van der Waals surface area contributed by atoms with Gasteiger partial charge in [0.1, 0.15) is 0 Å². The highest BCUT2D eigenvalue weighted by Gasteiger charge is 2.26. The van der Waals surface area contributed by atoms with Gasteiger partial charge in [-0.3, -0.25) is 4.99 Å². The zero-order valence-corrected chi connectivity index (χ0v) is 20.9. The van der Waals surface area contributed by atoms with Crippen molar-refractivity contribution in [3.8, 4) is 0 Å². The molecule has 0 unspecified atom stereocenters. The number of hydrogen-bond acceptors (Lipinski definition) is 3. The van der Waals surface area contributed by atoms with E-state index in [0.717, 1.165) is 43.8 Å². The van der Waals surface area contributed by atoms with E-state index in [1.54, 1.807) is 24.3 Å². The molecule has 2 N–H and O–H groups in total. The van der Waals surface area contributed by atoms with Crippen LogP contribution in [0.25, 0.3) is 0 Å². The lowest BCUT2D eigenvalue weighted by Crippen LogP contribution is -2.50. The minimum atomic E-state index is -3.09. The van der Waals surface area contributed by atoms with Crippen LogP contribution in [0.15, 0.2) is 23.2 Å². The van der Waals surface area contributed by atoms with Crippen molar-refractivity contribution in [2.75, 3.05) is 32.4 Å². The molecule has 0 saturated carbocycles. The fourth-order valence-electron chi connectivity index (χ4n) is 3.06. The molecule has 0 aliphatic carbocycles. The van der Waals surface area contributed by atoms with Crippen LogP contribution in [-0.4, -0.2) is 57.2 Å². The number of guanidine groups is 1. The molecule has 28 heavy (non-hydrogen) atoms. The number of halogens is 3. The van der Waals surface area contributed by atoms with Crippen molar-refractivity contribution >= 4 is 63.2 Å². The molecule has 6 nitrogen and oxygen atoms in total.